The molecular weight excluding hydrogens is 152 g/mol. The zero-order chi connectivity index (χ0) is 8.39. The van der Waals surface area contributed by atoms with Gasteiger partial charge in [-0.15, -0.1) is 5.10 Å². The normalized spacial score (nSPS) is 16.2. The highest BCUT2D eigenvalue weighted by Crippen LogP contribution is 2.21. The number of rotatable bonds is 2. The van der Waals surface area contributed by atoms with Crippen LogP contribution in [0.1, 0.15) is 25.5 Å². The van der Waals surface area contributed by atoms with E-state index in [1.54, 1.807) is 0 Å². The molecule has 0 saturated carbocycles. The Labute approximate surface area is 72.0 Å². The molecule has 2 rings (SSSR count). The maximum absolute atomic E-state index is 4.15. The molecule has 0 aliphatic carbocycles. The van der Waals surface area contributed by atoms with Gasteiger partial charge in [0.05, 0.1) is 0 Å². The number of hydrogen-bond donors (Lipinski definition) is 1. The number of H-pyrrole nitrogens is 1. The highest BCUT2D eigenvalue weighted by Gasteiger charge is 2.19. The van der Waals surface area contributed by atoms with Crippen molar-refractivity contribution in [2.24, 2.45) is 0 Å². The fraction of sp³-hybridized carbons (Fsp3) is 0.750. The molecule has 0 fully saturated rings. The summed E-state index contributed by atoms with van der Waals surface area (Å²) in [7, 11) is 0. The molecule has 0 aromatic carbocycles. The first kappa shape index (κ1) is 7.58. The van der Waals surface area contributed by atoms with E-state index in [-0.39, 0.29) is 0 Å². The van der Waals surface area contributed by atoms with Gasteiger partial charge in [0.1, 0.15) is 5.69 Å². The smallest absolute Gasteiger partial charge is 0.174 e. The summed E-state index contributed by atoms with van der Waals surface area (Å²) in [5.74, 6) is 1.07. The second kappa shape index (κ2) is 3.13. The molecule has 4 heteroatoms. The zero-order valence-electron chi connectivity index (χ0n) is 7.38. The van der Waals surface area contributed by atoms with Gasteiger partial charge in [0.15, 0.2) is 5.82 Å². The van der Waals surface area contributed by atoms with Crippen LogP contribution in [0.2, 0.25) is 0 Å². The number of aromatic nitrogens is 3. The van der Waals surface area contributed by atoms with E-state index in [4.69, 9.17) is 0 Å². The lowest BCUT2D eigenvalue weighted by Gasteiger charge is -2.25. The molecule has 0 atom stereocenters. The third kappa shape index (κ3) is 1.17. The highest BCUT2D eigenvalue weighted by molar-refractivity contribution is 5.44. The number of aryl methyl sites for hydroxylation is 1. The van der Waals surface area contributed by atoms with Gasteiger partial charge in [0.25, 0.3) is 0 Å². The van der Waals surface area contributed by atoms with Gasteiger partial charge in [-0.3, -0.25) is 0 Å². The average Bonchev–Trinajstić information content (AvgIpc) is 2.53. The van der Waals surface area contributed by atoms with Crippen molar-refractivity contribution in [1.29, 1.82) is 0 Å². The fourth-order valence-electron chi connectivity index (χ4n) is 1.70. The number of nitrogens with one attached hydrogen (secondary N) is 1. The molecule has 12 heavy (non-hydrogen) atoms. The van der Waals surface area contributed by atoms with Gasteiger partial charge in [0, 0.05) is 13.1 Å². The van der Waals surface area contributed by atoms with Crippen LogP contribution >= 0.6 is 0 Å². The monoisotopic (exact) mass is 166 g/mol. The van der Waals surface area contributed by atoms with Gasteiger partial charge in [-0.1, -0.05) is 6.92 Å². The first-order valence-corrected chi connectivity index (χ1v) is 4.56. The topological polar surface area (TPSA) is 44.8 Å². The zero-order valence-corrected chi connectivity index (χ0v) is 7.38. The lowest BCUT2D eigenvalue weighted by molar-refractivity contribution is 0.668. The summed E-state index contributed by atoms with van der Waals surface area (Å²) in [5.41, 5.74) is 1.13. The van der Waals surface area contributed by atoms with Crippen LogP contribution in [0.25, 0.3) is 0 Å². The third-order valence-corrected chi connectivity index (χ3v) is 2.23. The predicted octanol–water partition coefficient (Wildman–Crippen LogP) is 0.967. The molecule has 0 saturated heterocycles. The van der Waals surface area contributed by atoms with Crippen molar-refractivity contribution in [1.82, 2.24) is 15.4 Å². The average molecular weight is 166 g/mol. The second-order valence-corrected chi connectivity index (χ2v) is 3.18. The van der Waals surface area contributed by atoms with E-state index < -0.39 is 0 Å². The summed E-state index contributed by atoms with van der Waals surface area (Å²) in [5, 5.41) is 10.9. The van der Waals surface area contributed by atoms with E-state index in [1.165, 1.54) is 12.8 Å². The molecule has 2 heterocycles. The van der Waals surface area contributed by atoms with Gasteiger partial charge >= 0.3 is 0 Å². The Bertz CT molecular complexity index is 255. The lowest BCUT2D eigenvalue weighted by Crippen LogP contribution is -2.30. The van der Waals surface area contributed by atoms with E-state index >= 15 is 0 Å². The number of nitrogens with zero attached hydrogens (tertiary/aromatic N) is 3. The first-order chi connectivity index (χ1) is 5.92. The molecule has 1 aromatic rings. The minimum absolute atomic E-state index is 1.07. The lowest BCUT2D eigenvalue weighted by atomic mass is 10.1. The van der Waals surface area contributed by atoms with Crippen molar-refractivity contribution >= 4 is 5.82 Å². The van der Waals surface area contributed by atoms with Crippen molar-refractivity contribution in [3.05, 3.63) is 5.69 Å². The molecule has 0 radical (unpaired) electrons. The Morgan fingerprint density at radius 1 is 1.50 bits per heavy atom. The maximum atomic E-state index is 4.15. The summed E-state index contributed by atoms with van der Waals surface area (Å²) in [6.45, 7) is 4.42. The van der Waals surface area contributed by atoms with Crippen molar-refractivity contribution < 1.29 is 0 Å². The van der Waals surface area contributed by atoms with Crippen molar-refractivity contribution in [2.75, 3.05) is 18.0 Å². The highest BCUT2D eigenvalue weighted by atomic mass is 15.4. The Morgan fingerprint density at radius 2 is 2.42 bits per heavy atom. The predicted molar refractivity (Wildman–Crippen MR) is 47.2 cm³/mol. The SMILES string of the molecule is CCCN1CCCc2n[nH]nc21. The Kier molecular flexibility index (Phi) is 1.98. The van der Waals surface area contributed by atoms with Crippen LogP contribution in [0, 0.1) is 0 Å². The van der Waals surface area contributed by atoms with Crippen LogP contribution in [-0.2, 0) is 6.42 Å². The molecule has 1 aromatic heterocycles. The summed E-state index contributed by atoms with van der Waals surface area (Å²) in [6, 6.07) is 0. The van der Waals surface area contributed by atoms with Crippen LogP contribution in [0.4, 0.5) is 5.82 Å². The van der Waals surface area contributed by atoms with Gasteiger partial charge in [-0.25, -0.2) is 0 Å². The molecule has 0 amide bonds. The molecule has 0 unspecified atom stereocenters. The van der Waals surface area contributed by atoms with E-state index in [9.17, 15) is 0 Å². The number of hydrogen-bond acceptors (Lipinski definition) is 3. The Morgan fingerprint density at radius 3 is 3.25 bits per heavy atom. The number of aromatic amines is 1. The van der Waals surface area contributed by atoms with Crippen molar-refractivity contribution in [2.45, 2.75) is 26.2 Å². The van der Waals surface area contributed by atoms with Crippen LogP contribution in [0.3, 0.4) is 0 Å². The minimum atomic E-state index is 1.07. The van der Waals surface area contributed by atoms with Crippen molar-refractivity contribution in [3.8, 4) is 0 Å². The van der Waals surface area contributed by atoms with E-state index in [0.717, 1.165) is 31.0 Å². The molecule has 1 aliphatic heterocycles. The molecule has 0 bridgehead atoms. The van der Waals surface area contributed by atoms with E-state index in [2.05, 4.69) is 27.2 Å². The third-order valence-electron chi connectivity index (χ3n) is 2.23. The van der Waals surface area contributed by atoms with Gasteiger partial charge in [0.2, 0.25) is 0 Å². The largest absolute Gasteiger partial charge is 0.354 e. The minimum Gasteiger partial charge on any atom is -0.354 e. The quantitative estimate of drug-likeness (QED) is 0.712. The molecule has 66 valence electrons. The summed E-state index contributed by atoms with van der Waals surface area (Å²) >= 11 is 0. The van der Waals surface area contributed by atoms with Crippen LogP contribution in [0.15, 0.2) is 0 Å². The van der Waals surface area contributed by atoms with Crippen LogP contribution in [0.5, 0.6) is 0 Å². The second-order valence-electron chi connectivity index (χ2n) is 3.18. The van der Waals surface area contributed by atoms with Gasteiger partial charge < -0.3 is 4.90 Å². The van der Waals surface area contributed by atoms with E-state index in [0.29, 0.717) is 0 Å². The van der Waals surface area contributed by atoms with Crippen LogP contribution in [-0.4, -0.2) is 28.5 Å². The standard InChI is InChI=1S/C8H14N4/c1-2-5-12-6-3-4-7-8(12)10-11-9-7/h2-6H2,1H3,(H,9,10,11). The fourth-order valence-corrected chi connectivity index (χ4v) is 1.70. The summed E-state index contributed by atoms with van der Waals surface area (Å²) < 4.78 is 0. The van der Waals surface area contributed by atoms with Gasteiger partial charge in [-0.05, 0) is 19.3 Å². The summed E-state index contributed by atoms with van der Waals surface area (Å²) in [4.78, 5) is 2.31. The number of anilines is 1. The first-order valence-electron chi connectivity index (χ1n) is 4.56. The maximum Gasteiger partial charge on any atom is 0.174 e. The molecule has 1 N–H and O–H groups in total. The molecular formula is C8H14N4. The summed E-state index contributed by atoms with van der Waals surface area (Å²) in [6.07, 6.45) is 3.46. The molecule has 1 aliphatic rings. The Balaban J connectivity index is 2.19. The Hall–Kier alpha value is -1.06. The van der Waals surface area contributed by atoms with Crippen molar-refractivity contribution in [3.63, 3.8) is 0 Å². The molecule has 4 nitrogen and oxygen atoms in total. The van der Waals surface area contributed by atoms with Gasteiger partial charge in [-0.2, -0.15) is 10.3 Å². The number of fused-ring (bicyclic) bond motifs is 1. The van der Waals surface area contributed by atoms with E-state index in [1.807, 2.05) is 0 Å². The van der Waals surface area contributed by atoms with Crippen LogP contribution < -0.4 is 4.90 Å². The molecule has 0 spiro atoms.